The first-order valence-corrected chi connectivity index (χ1v) is 8.04. The fourth-order valence-corrected chi connectivity index (χ4v) is 2.20. The highest BCUT2D eigenvalue weighted by Crippen LogP contribution is 2.17. The highest BCUT2D eigenvalue weighted by atomic mass is 16.5. The second-order valence-electron chi connectivity index (χ2n) is 5.25. The first-order chi connectivity index (χ1) is 12.1. The second kappa shape index (κ2) is 9.48. The molecule has 2 amide bonds. The van der Waals surface area contributed by atoms with Gasteiger partial charge in [0.25, 0.3) is 0 Å². The van der Waals surface area contributed by atoms with Crippen LogP contribution in [-0.2, 0) is 6.54 Å². The van der Waals surface area contributed by atoms with E-state index in [9.17, 15) is 9.90 Å². The van der Waals surface area contributed by atoms with Crippen LogP contribution in [0.3, 0.4) is 0 Å². The number of amides is 2. The van der Waals surface area contributed by atoms with Gasteiger partial charge in [-0.3, -0.25) is 0 Å². The van der Waals surface area contributed by atoms with Gasteiger partial charge in [-0.15, -0.1) is 0 Å². The molecule has 0 aliphatic heterocycles. The molecule has 3 N–H and O–H groups in total. The number of pyridine rings is 1. The van der Waals surface area contributed by atoms with Crippen LogP contribution in [0.4, 0.5) is 4.79 Å². The molecule has 0 unspecified atom stereocenters. The highest BCUT2D eigenvalue weighted by Gasteiger charge is 2.10. The minimum absolute atomic E-state index is 0.101. The molecule has 1 aromatic heterocycles. The summed E-state index contributed by atoms with van der Waals surface area (Å²) in [5, 5.41) is 15.5. The maximum atomic E-state index is 11.9. The lowest BCUT2D eigenvalue weighted by atomic mass is 10.1. The van der Waals surface area contributed by atoms with Crippen molar-refractivity contribution in [3.63, 3.8) is 0 Å². The molecule has 0 aliphatic rings. The first-order valence-electron chi connectivity index (χ1n) is 8.04. The summed E-state index contributed by atoms with van der Waals surface area (Å²) >= 11 is 0. The summed E-state index contributed by atoms with van der Waals surface area (Å²) < 4.78 is 10.5. The van der Waals surface area contributed by atoms with Crippen molar-refractivity contribution in [3.05, 3.63) is 53.7 Å². The third-order valence-corrected chi connectivity index (χ3v) is 3.53. The Morgan fingerprint density at radius 2 is 2.00 bits per heavy atom. The van der Waals surface area contributed by atoms with Gasteiger partial charge in [0.15, 0.2) is 0 Å². The number of hydrogen-bond donors (Lipinski definition) is 3. The average Bonchev–Trinajstić information content (AvgIpc) is 2.65. The summed E-state index contributed by atoms with van der Waals surface area (Å²) in [6, 6.07) is 10.3. The molecule has 25 heavy (non-hydrogen) atoms. The van der Waals surface area contributed by atoms with E-state index in [1.807, 2.05) is 13.0 Å². The normalized spacial score (nSPS) is 11.5. The smallest absolute Gasteiger partial charge is 0.315 e. The van der Waals surface area contributed by atoms with E-state index in [0.717, 1.165) is 5.56 Å². The lowest BCUT2D eigenvalue weighted by Gasteiger charge is -2.14. The SMILES string of the molecule is CCOc1ncccc1CNC(=O)NC[C@H](O)c1ccc(OC)cc1. The Morgan fingerprint density at radius 1 is 1.24 bits per heavy atom. The number of rotatable bonds is 8. The molecule has 7 nitrogen and oxygen atoms in total. The van der Waals surface area contributed by atoms with Crippen LogP contribution in [0.1, 0.15) is 24.2 Å². The van der Waals surface area contributed by atoms with Gasteiger partial charge in [-0.05, 0) is 30.7 Å². The van der Waals surface area contributed by atoms with Crippen LogP contribution in [0.5, 0.6) is 11.6 Å². The number of aliphatic hydroxyl groups is 1. The van der Waals surface area contributed by atoms with Crippen molar-refractivity contribution in [2.45, 2.75) is 19.6 Å². The Hall–Kier alpha value is -2.80. The number of carbonyl (C=O) groups excluding carboxylic acids is 1. The molecule has 0 bridgehead atoms. The van der Waals surface area contributed by atoms with Gasteiger partial charge < -0.3 is 25.2 Å². The van der Waals surface area contributed by atoms with Gasteiger partial charge >= 0.3 is 6.03 Å². The highest BCUT2D eigenvalue weighted by molar-refractivity contribution is 5.73. The van der Waals surface area contributed by atoms with Gasteiger partial charge in [-0.25, -0.2) is 9.78 Å². The van der Waals surface area contributed by atoms with Gasteiger partial charge in [0.1, 0.15) is 5.75 Å². The van der Waals surface area contributed by atoms with Crippen molar-refractivity contribution in [1.82, 2.24) is 15.6 Å². The van der Waals surface area contributed by atoms with Crippen LogP contribution < -0.4 is 20.1 Å². The molecule has 0 fully saturated rings. The number of hydrogen-bond acceptors (Lipinski definition) is 5. The van der Waals surface area contributed by atoms with Gasteiger partial charge in [0.05, 0.1) is 19.8 Å². The van der Waals surface area contributed by atoms with E-state index in [0.29, 0.717) is 23.8 Å². The maximum absolute atomic E-state index is 11.9. The standard InChI is InChI=1S/C18H23N3O4/c1-3-25-17-14(5-4-10-19-17)11-20-18(23)21-12-16(22)13-6-8-15(24-2)9-7-13/h4-10,16,22H,3,11-12H2,1-2H3,(H2,20,21,23)/t16-/m0/s1. The minimum Gasteiger partial charge on any atom is -0.497 e. The molecule has 2 rings (SSSR count). The molecule has 0 saturated carbocycles. The number of carbonyl (C=O) groups is 1. The zero-order valence-electron chi connectivity index (χ0n) is 14.4. The molecule has 0 saturated heterocycles. The number of benzene rings is 1. The van der Waals surface area contributed by atoms with Crippen LogP contribution in [0.15, 0.2) is 42.6 Å². The van der Waals surface area contributed by atoms with Crippen LogP contribution in [0, 0.1) is 0 Å². The number of nitrogens with one attached hydrogen (secondary N) is 2. The summed E-state index contributed by atoms with van der Waals surface area (Å²) in [5.74, 6) is 1.21. The predicted octanol–water partition coefficient (Wildman–Crippen LogP) is 2.02. The predicted molar refractivity (Wildman–Crippen MR) is 93.6 cm³/mol. The molecule has 1 atom stereocenters. The summed E-state index contributed by atoms with van der Waals surface area (Å²) in [7, 11) is 1.58. The second-order valence-corrected chi connectivity index (χ2v) is 5.25. The van der Waals surface area contributed by atoms with Crippen LogP contribution in [0.2, 0.25) is 0 Å². The van der Waals surface area contributed by atoms with E-state index in [-0.39, 0.29) is 19.1 Å². The van der Waals surface area contributed by atoms with Crippen molar-refractivity contribution in [1.29, 1.82) is 0 Å². The van der Waals surface area contributed by atoms with Crippen molar-refractivity contribution in [3.8, 4) is 11.6 Å². The zero-order valence-corrected chi connectivity index (χ0v) is 14.4. The topological polar surface area (TPSA) is 92.7 Å². The van der Waals surface area contributed by atoms with Crippen LogP contribution in [-0.4, -0.2) is 36.4 Å². The number of urea groups is 1. The zero-order chi connectivity index (χ0) is 18.1. The molecule has 134 valence electrons. The van der Waals surface area contributed by atoms with E-state index in [1.165, 1.54) is 0 Å². The molecule has 2 aromatic rings. The Morgan fingerprint density at radius 3 is 2.68 bits per heavy atom. The number of aliphatic hydroxyl groups excluding tert-OH is 1. The molecular formula is C18H23N3O4. The summed E-state index contributed by atoms with van der Waals surface area (Å²) in [6.45, 7) is 2.76. The van der Waals surface area contributed by atoms with Gasteiger partial charge in [0.2, 0.25) is 5.88 Å². The van der Waals surface area contributed by atoms with E-state index in [4.69, 9.17) is 9.47 Å². The fraction of sp³-hybridized carbons (Fsp3) is 0.333. The average molecular weight is 345 g/mol. The molecule has 7 heteroatoms. The summed E-state index contributed by atoms with van der Waals surface area (Å²) in [5.41, 5.74) is 1.49. The molecule has 1 aromatic carbocycles. The van der Waals surface area contributed by atoms with Crippen molar-refractivity contribution < 1.29 is 19.4 Å². The largest absolute Gasteiger partial charge is 0.497 e. The van der Waals surface area contributed by atoms with E-state index in [1.54, 1.807) is 43.6 Å². The van der Waals surface area contributed by atoms with Gasteiger partial charge in [0, 0.05) is 24.8 Å². The van der Waals surface area contributed by atoms with E-state index < -0.39 is 6.10 Å². The van der Waals surface area contributed by atoms with E-state index >= 15 is 0 Å². The third-order valence-electron chi connectivity index (χ3n) is 3.53. The van der Waals surface area contributed by atoms with Crippen molar-refractivity contribution >= 4 is 6.03 Å². The van der Waals surface area contributed by atoms with Crippen molar-refractivity contribution in [2.75, 3.05) is 20.3 Å². The minimum atomic E-state index is -0.797. The molecule has 1 heterocycles. The molecule has 0 aliphatic carbocycles. The molecule has 0 spiro atoms. The van der Waals surface area contributed by atoms with Crippen molar-refractivity contribution in [2.24, 2.45) is 0 Å². The number of aromatic nitrogens is 1. The van der Waals surface area contributed by atoms with Gasteiger partial charge in [-0.1, -0.05) is 18.2 Å². The fourth-order valence-electron chi connectivity index (χ4n) is 2.20. The van der Waals surface area contributed by atoms with E-state index in [2.05, 4.69) is 15.6 Å². The maximum Gasteiger partial charge on any atom is 0.315 e. The number of methoxy groups -OCH3 is 1. The third kappa shape index (κ3) is 5.65. The van der Waals surface area contributed by atoms with Crippen LogP contribution in [0.25, 0.3) is 0 Å². The molecular weight excluding hydrogens is 322 g/mol. The Kier molecular flexibility index (Phi) is 7.03. The summed E-state index contributed by atoms with van der Waals surface area (Å²) in [4.78, 5) is 16.0. The van der Waals surface area contributed by atoms with Crippen LogP contribution >= 0.6 is 0 Å². The Labute approximate surface area is 147 Å². The Bertz CT molecular complexity index is 676. The summed E-state index contributed by atoms with van der Waals surface area (Å²) in [6.07, 6.45) is 0.841. The quantitative estimate of drug-likeness (QED) is 0.681. The monoisotopic (exact) mass is 345 g/mol. The van der Waals surface area contributed by atoms with Gasteiger partial charge in [-0.2, -0.15) is 0 Å². The lowest BCUT2D eigenvalue weighted by molar-refractivity contribution is 0.173. The number of nitrogens with zero attached hydrogens (tertiary/aromatic N) is 1. The molecule has 0 radical (unpaired) electrons. The first kappa shape index (κ1) is 18.5. The lowest BCUT2D eigenvalue weighted by Crippen LogP contribution is -2.37. The Balaban J connectivity index is 1.80. The number of ether oxygens (including phenoxy) is 2.